The second kappa shape index (κ2) is 11.1. The summed E-state index contributed by atoms with van der Waals surface area (Å²) in [5.74, 6) is -0.686. The van der Waals surface area contributed by atoms with Crippen LogP contribution in [-0.2, 0) is 4.79 Å². The Morgan fingerprint density at radius 1 is 1.00 bits per heavy atom. The van der Waals surface area contributed by atoms with Crippen LogP contribution in [0.2, 0.25) is 0 Å². The number of carboxylic acid groups (broad SMARTS) is 1. The quantitative estimate of drug-likeness (QED) is 0.251. The number of nitrogens with zero attached hydrogens (tertiary/aromatic N) is 2. The van der Waals surface area contributed by atoms with Gasteiger partial charge in [-0.05, 0) is 73.1 Å². The summed E-state index contributed by atoms with van der Waals surface area (Å²) in [7, 11) is 1.67. The van der Waals surface area contributed by atoms with Crippen LogP contribution in [0.4, 0.5) is 11.6 Å². The molecule has 0 radical (unpaired) electrons. The molecule has 0 spiro atoms. The molecule has 4 aromatic rings. The van der Waals surface area contributed by atoms with Crippen LogP contribution in [0.3, 0.4) is 0 Å². The first-order chi connectivity index (χ1) is 19.9. The molecule has 1 aliphatic heterocycles. The number of carbonyl (C=O) groups excluding carboxylic acids is 2. The zero-order valence-electron chi connectivity index (χ0n) is 22.9. The fraction of sp³-hybridized carbons (Fsp3) is 0.312. The highest BCUT2D eigenvalue weighted by atomic mass is 16.4. The maximum atomic E-state index is 13.3. The summed E-state index contributed by atoms with van der Waals surface area (Å²) < 4.78 is 0. The lowest BCUT2D eigenvalue weighted by Crippen LogP contribution is -2.34. The van der Waals surface area contributed by atoms with Gasteiger partial charge in [0.15, 0.2) is 0 Å². The van der Waals surface area contributed by atoms with Gasteiger partial charge >= 0.3 is 5.97 Å². The molecule has 210 valence electrons. The number of aromatic amines is 1. The van der Waals surface area contributed by atoms with Crippen LogP contribution in [0.5, 0.6) is 0 Å². The molecule has 2 heterocycles. The first-order valence-electron chi connectivity index (χ1n) is 14.1. The molecular weight excluding hydrogens is 518 g/mol. The molecule has 41 heavy (non-hydrogen) atoms. The van der Waals surface area contributed by atoms with Crippen LogP contribution in [0.1, 0.15) is 69.9 Å². The Morgan fingerprint density at radius 2 is 1.76 bits per heavy atom. The Labute approximate surface area is 238 Å². The summed E-state index contributed by atoms with van der Waals surface area (Å²) in [6, 6.07) is 20.7. The van der Waals surface area contributed by atoms with E-state index in [9.17, 15) is 19.5 Å². The average molecular weight is 552 g/mol. The monoisotopic (exact) mass is 551 g/mol. The number of nitrogens with one attached hydrogen (secondary N) is 3. The summed E-state index contributed by atoms with van der Waals surface area (Å²) in [6.07, 6.45) is 3.83. The topological polar surface area (TPSA) is 127 Å². The minimum absolute atomic E-state index is 0.148. The smallest absolute Gasteiger partial charge is 0.304 e. The van der Waals surface area contributed by atoms with Crippen LogP contribution >= 0.6 is 0 Å². The van der Waals surface area contributed by atoms with Crippen molar-refractivity contribution in [3.05, 3.63) is 89.0 Å². The molecule has 3 aromatic carbocycles. The maximum absolute atomic E-state index is 13.3. The number of aliphatic carboxylic acids is 1. The minimum atomic E-state index is -0.947. The first kappa shape index (κ1) is 26.6. The molecular formula is C32H33N5O4. The highest BCUT2D eigenvalue weighted by molar-refractivity contribution is 6.09. The predicted molar refractivity (Wildman–Crippen MR) is 158 cm³/mol. The maximum Gasteiger partial charge on any atom is 0.304 e. The third-order valence-electron chi connectivity index (χ3n) is 8.41. The van der Waals surface area contributed by atoms with Crippen molar-refractivity contribution in [1.29, 1.82) is 0 Å². The van der Waals surface area contributed by atoms with Crippen molar-refractivity contribution in [3.63, 3.8) is 0 Å². The normalized spacial score (nSPS) is 20.2. The number of carbonyl (C=O) groups is 3. The highest BCUT2D eigenvalue weighted by Gasteiger charge is 2.32. The second-order valence-corrected chi connectivity index (χ2v) is 11.1. The Hall–Kier alpha value is -4.66. The van der Waals surface area contributed by atoms with Gasteiger partial charge in [0.2, 0.25) is 5.95 Å². The van der Waals surface area contributed by atoms with Gasteiger partial charge in [0.05, 0.1) is 17.5 Å². The molecule has 1 fully saturated rings. The number of carboxylic acids is 1. The number of para-hydroxylation sites is 2. The van der Waals surface area contributed by atoms with Crippen molar-refractivity contribution in [2.24, 2.45) is 5.92 Å². The van der Waals surface area contributed by atoms with Crippen molar-refractivity contribution in [2.45, 2.75) is 44.1 Å². The summed E-state index contributed by atoms with van der Waals surface area (Å²) in [6.45, 7) is 0.578. The number of imidazole rings is 1. The van der Waals surface area contributed by atoms with Gasteiger partial charge in [-0.3, -0.25) is 14.4 Å². The van der Waals surface area contributed by atoms with Gasteiger partial charge in [0.1, 0.15) is 0 Å². The lowest BCUT2D eigenvalue weighted by atomic mass is 9.85. The Kier molecular flexibility index (Phi) is 7.17. The van der Waals surface area contributed by atoms with E-state index in [-0.39, 0.29) is 18.2 Å². The van der Waals surface area contributed by atoms with Crippen molar-refractivity contribution in [3.8, 4) is 0 Å². The number of H-pyrrole nitrogens is 1. The van der Waals surface area contributed by atoms with E-state index in [4.69, 9.17) is 0 Å². The summed E-state index contributed by atoms with van der Waals surface area (Å²) in [5, 5.41) is 16.2. The molecule has 1 saturated carbocycles. The lowest BCUT2D eigenvalue weighted by Gasteiger charge is -2.29. The largest absolute Gasteiger partial charge is 0.481 e. The van der Waals surface area contributed by atoms with Gasteiger partial charge in [0.25, 0.3) is 11.8 Å². The van der Waals surface area contributed by atoms with Crippen LogP contribution in [0.15, 0.2) is 66.7 Å². The van der Waals surface area contributed by atoms with E-state index < -0.39 is 11.9 Å². The van der Waals surface area contributed by atoms with E-state index in [1.54, 1.807) is 37.4 Å². The average Bonchev–Trinajstić information content (AvgIpc) is 3.37. The van der Waals surface area contributed by atoms with Gasteiger partial charge < -0.3 is 25.6 Å². The number of amides is 2. The molecule has 4 N–H and O–H groups in total. The molecule has 1 aliphatic carbocycles. The van der Waals surface area contributed by atoms with Crippen molar-refractivity contribution < 1.29 is 19.5 Å². The number of aromatic nitrogens is 2. The van der Waals surface area contributed by atoms with Crippen LogP contribution in [0.25, 0.3) is 11.0 Å². The minimum Gasteiger partial charge on any atom is -0.481 e. The molecule has 2 amide bonds. The molecule has 1 unspecified atom stereocenters. The second-order valence-electron chi connectivity index (χ2n) is 11.1. The van der Waals surface area contributed by atoms with Crippen LogP contribution in [-0.4, -0.2) is 52.5 Å². The Balaban J connectivity index is 1.10. The van der Waals surface area contributed by atoms with Crippen molar-refractivity contribution >= 4 is 40.5 Å². The first-order valence-corrected chi connectivity index (χ1v) is 14.1. The fourth-order valence-electron chi connectivity index (χ4n) is 6.18. The van der Waals surface area contributed by atoms with Crippen LogP contribution < -0.4 is 15.5 Å². The molecule has 0 bridgehead atoms. The number of anilines is 2. The van der Waals surface area contributed by atoms with Crippen LogP contribution in [0, 0.1) is 5.92 Å². The van der Waals surface area contributed by atoms with Gasteiger partial charge in [-0.1, -0.05) is 36.4 Å². The molecule has 1 atom stereocenters. The zero-order valence-corrected chi connectivity index (χ0v) is 22.9. The van der Waals surface area contributed by atoms with E-state index in [1.807, 2.05) is 36.4 Å². The van der Waals surface area contributed by atoms with Gasteiger partial charge in [0, 0.05) is 42.4 Å². The number of rotatable bonds is 7. The lowest BCUT2D eigenvalue weighted by molar-refractivity contribution is -0.137. The van der Waals surface area contributed by atoms with E-state index in [0.717, 1.165) is 48.2 Å². The number of benzene rings is 3. The molecule has 9 nitrogen and oxygen atoms in total. The molecule has 2 aliphatic rings. The van der Waals surface area contributed by atoms with E-state index >= 15 is 0 Å². The third-order valence-corrected chi connectivity index (χ3v) is 8.41. The van der Waals surface area contributed by atoms with Crippen molar-refractivity contribution in [2.75, 3.05) is 23.8 Å². The predicted octanol–water partition coefficient (Wildman–Crippen LogP) is 5.16. The SMILES string of the molecule is CN1C(=O)c2ccccc2C(CC(=O)O)c2ccc(C(=O)NCC3CCC(Nc4nc5ccccc5[nH]4)CC3)cc21. The number of hydrogen-bond acceptors (Lipinski definition) is 5. The number of hydrogen-bond donors (Lipinski definition) is 4. The molecule has 6 rings (SSSR count). The van der Waals surface area contributed by atoms with E-state index in [0.29, 0.717) is 40.9 Å². The molecule has 9 heteroatoms. The fourth-order valence-corrected chi connectivity index (χ4v) is 6.18. The Bertz CT molecular complexity index is 1590. The standard InChI is InChI=1S/C32H33N5O4/c1-37-28-16-20(12-15-23(28)25(17-29(38)39)22-6-2-3-7-24(22)31(37)41)30(40)33-18-19-10-13-21(14-11-19)34-32-35-26-8-4-5-9-27(26)36-32/h2-9,12,15-16,19,21,25H,10-11,13-14,17-18H2,1H3,(H,33,40)(H,38,39)(H2,34,35,36). The van der Waals surface area contributed by atoms with E-state index in [2.05, 4.69) is 20.6 Å². The Morgan fingerprint density at radius 3 is 2.54 bits per heavy atom. The zero-order chi connectivity index (χ0) is 28.5. The highest BCUT2D eigenvalue weighted by Crippen LogP contribution is 2.40. The van der Waals surface area contributed by atoms with Gasteiger partial charge in [-0.2, -0.15) is 0 Å². The summed E-state index contributed by atoms with van der Waals surface area (Å²) >= 11 is 0. The molecule has 0 saturated heterocycles. The van der Waals surface area contributed by atoms with E-state index in [1.165, 1.54) is 4.90 Å². The summed E-state index contributed by atoms with van der Waals surface area (Å²) in [5.41, 5.74) is 4.86. The summed E-state index contributed by atoms with van der Waals surface area (Å²) in [4.78, 5) is 47.7. The van der Waals surface area contributed by atoms with Gasteiger partial charge in [-0.15, -0.1) is 0 Å². The third kappa shape index (κ3) is 5.39. The van der Waals surface area contributed by atoms with Gasteiger partial charge in [-0.25, -0.2) is 4.98 Å². The van der Waals surface area contributed by atoms with Crippen molar-refractivity contribution in [1.82, 2.24) is 15.3 Å². The molecule has 1 aromatic heterocycles. The number of fused-ring (bicyclic) bond motifs is 3.